The van der Waals surface area contributed by atoms with Crippen LogP contribution >= 0.6 is 34.8 Å². The molecule has 0 spiro atoms. The third kappa shape index (κ3) is 3.62. The number of ether oxygens (including phenoxy) is 1. The second-order valence-electron chi connectivity index (χ2n) is 3.66. The number of rotatable bonds is 3. The number of halogens is 3. The Balaban J connectivity index is 2.92. The molecule has 0 saturated carbocycles. The lowest BCUT2D eigenvalue weighted by atomic mass is 10.3. The molecule has 0 aliphatic rings. The zero-order chi connectivity index (χ0) is 14.7. The molecule has 0 aliphatic heterocycles. The SMILES string of the molecule is CN(C)C(=O)COC(=O)c1nc(Cl)c(Cl)c(N)c1Cl. The predicted octanol–water partition coefficient (Wildman–Crippen LogP) is 1.87. The predicted molar refractivity (Wildman–Crippen MR) is 72.7 cm³/mol. The lowest BCUT2D eigenvalue weighted by molar-refractivity contribution is -0.131. The number of pyridine rings is 1. The highest BCUT2D eigenvalue weighted by atomic mass is 35.5. The van der Waals surface area contributed by atoms with E-state index in [-0.39, 0.29) is 26.6 Å². The van der Waals surface area contributed by atoms with Gasteiger partial charge in [-0.15, -0.1) is 0 Å². The van der Waals surface area contributed by atoms with E-state index in [0.29, 0.717) is 0 Å². The van der Waals surface area contributed by atoms with Crippen LogP contribution in [0.3, 0.4) is 0 Å². The van der Waals surface area contributed by atoms with Crippen LogP contribution in [0.1, 0.15) is 10.5 Å². The normalized spacial score (nSPS) is 10.2. The van der Waals surface area contributed by atoms with E-state index in [4.69, 9.17) is 45.3 Å². The van der Waals surface area contributed by atoms with Gasteiger partial charge in [-0.1, -0.05) is 34.8 Å². The monoisotopic (exact) mass is 325 g/mol. The highest BCUT2D eigenvalue weighted by Crippen LogP contribution is 2.34. The summed E-state index contributed by atoms with van der Waals surface area (Å²) in [5, 5.41) is -0.390. The quantitative estimate of drug-likeness (QED) is 0.677. The first kappa shape index (κ1) is 15.8. The van der Waals surface area contributed by atoms with E-state index in [2.05, 4.69) is 4.98 Å². The fourth-order valence-corrected chi connectivity index (χ4v) is 1.58. The summed E-state index contributed by atoms with van der Waals surface area (Å²) in [4.78, 5) is 27.9. The van der Waals surface area contributed by atoms with Crippen molar-refractivity contribution >= 4 is 52.4 Å². The van der Waals surface area contributed by atoms with Crippen molar-refractivity contribution in [3.8, 4) is 0 Å². The highest BCUT2D eigenvalue weighted by Gasteiger charge is 2.21. The molecule has 0 atom stereocenters. The van der Waals surface area contributed by atoms with E-state index in [9.17, 15) is 9.59 Å². The molecule has 0 aromatic carbocycles. The van der Waals surface area contributed by atoms with E-state index < -0.39 is 18.5 Å². The van der Waals surface area contributed by atoms with Gasteiger partial charge in [0.15, 0.2) is 17.5 Å². The van der Waals surface area contributed by atoms with Gasteiger partial charge in [-0.25, -0.2) is 9.78 Å². The Kier molecular flexibility index (Phi) is 5.22. The van der Waals surface area contributed by atoms with Crippen molar-refractivity contribution in [3.05, 3.63) is 20.9 Å². The van der Waals surface area contributed by atoms with Crippen LogP contribution in [-0.4, -0.2) is 42.5 Å². The molecule has 19 heavy (non-hydrogen) atoms. The Morgan fingerprint density at radius 1 is 1.26 bits per heavy atom. The van der Waals surface area contributed by atoms with Gasteiger partial charge in [0.1, 0.15) is 5.02 Å². The molecule has 0 bridgehead atoms. The zero-order valence-electron chi connectivity index (χ0n) is 10.0. The number of nitrogen functional groups attached to an aromatic ring is 1. The Morgan fingerprint density at radius 3 is 2.37 bits per heavy atom. The lowest BCUT2D eigenvalue weighted by Crippen LogP contribution is -2.27. The molecule has 1 heterocycles. The van der Waals surface area contributed by atoms with Crippen LogP contribution in [-0.2, 0) is 9.53 Å². The molecule has 1 aromatic heterocycles. The topological polar surface area (TPSA) is 85.5 Å². The molecular formula is C10H10Cl3N3O3. The molecule has 1 aromatic rings. The largest absolute Gasteiger partial charge is 0.451 e. The minimum absolute atomic E-state index is 0.0485. The van der Waals surface area contributed by atoms with Gasteiger partial charge in [0.05, 0.1) is 10.7 Å². The molecular weight excluding hydrogens is 316 g/mol. The van der Waals surface area contributed by atoms with Gasteiger partial charge in [0.25, 0.3) is 5.91 Å². The van der Waals surface area contributed by atoms with Gasteiger partial charge in [0, 0.05) is 14.1 Å². The Bertz CT molecular complexity index is 534. The van der Waals surface area contributed by atoms with E-state index in [1.165, 1.54) is 19.0 Å². The second kappa shape index (κ2) is 6.27. The van der Waals surface area contributed by atoms with Crippen molar-refractivity contribution in [2.45, 2.75) is 0 Å². The summed E-state index contributed by atoms with van der Waals surface area (Å²) in [6.07, 6.45) is 0. The lowest BCUT2D eigenvalue weighted by Gasteiger charge is -2.11. The van der Waals surface area contributed by atoms with Gasteiger partial charge < -0.3 is 15.4 Å². The molecule has 1 amide bonds. The fraction of sp³-hybridized carbons (Fsp3) is 0.300. The summed E-state index contributed by atoms with van der Waals surface area (Å²) in [7, 11) is 3.05. The van der Waals surface area contributed by atoms with E-state index in [1.807, 2.05) is 0 Å². The van der Waals surface area contributed by atoms with Crippen LogP contribution in [0.4, 0.5) is 5.69 Å². The molecule has 0 radical (unpaired) electrons. The number of hydrogen-bond acceptors (Lipinski definition) is 5. The first-order valence-corrected chi connectivity index (χ1v) is 6.06. The number of likely N-dealkylation sites (N-methyl/N-ethyl adjacent to an activating group) is 1. The number of carbonyl (C=O) groups is 2. The molecule has 1 rings (SSSR count). The number of nitrogens with two attached hydrogens (primary N) is 1. The summed E-state index contributed by atoms with van der Waals surface area (Å²) in [5.41, 5.74) is 5.19. The van der Waals surface area contributed by atoms with Crippen LogP contribution in [0.5, 0.6) is 0 Å². The molecule has 0 unspecified atom stereocenters. The van der Waals surface area contributed by atoms with E-state index in [0.717, 1.165) is 0 Å². The highest BCUT2D eigenvalue weighted by molar-refractivity contribution is 6.46. The van der Waals surface area contributed by atoms with Crippen LogP contribution in [0.15, 0.2) is 0 Å². The number of aromatic nitrogens is 1. The van der Waals surface area contributed by atoms with Gasteiger partial charge in [0.2, 0.25) is 0 Å². The Morgan fingerprint density at radius 2 is 1.84 bits per heavy atom. The van der Waals surface area contributed by atoms with Crippen molar-refractivity contribution in [1.82, 2.24) is 9.88 Å². The number of anilines is 1. The molecule has 0 fully saturated rings. The van der Waals surface area contributed by atoms with Crippen molar-refractivity contribution in [2.24, 2.45) is 0 Å². The summed E-state index contributed by atoms with van der Waals surface area (Å²) in [6.45, 7) is -0.440. The molecule has 9 heteroatoms. The molecule has 6 nitrogen and oxygen atoms in total. The van der Waals surface area contributed by atoms with Crippen LogP contribution < -0.4 is 5.73 Å². The third-order valence-electron chi connectivity index (χ3n) is 2.09. The smallest absolute Gasteiger partial charge is 0.359 e. The van der Waals surface area contributed by atoms with Crippen LogP contribution in [0, 0.1) is 0 Å². The second-order valence-corrected chi connectivity index (χ2v) is 4.77. The number of amides is 1. The van der Waals surface area contributed by atoms with Gasteiger partial charge in [-0.3, -0.25) is 4.79 Å². The maximum Gasteiger partial charge on any atom is 0.359 e. The molecule has 0 aliphatic carbocycles. The Labute approximate surface area is 124 Å². The van der Waals surface area contributed by atoms with Crippen molar-refractivity contribution in [3.63, 3.8) is 0 Å². The maximum absolute atomic E-state index is 11.7. The molecule has 0 saturated heterocycles. The first-order valence-electron chi connectivity index (χ1n) is 4.93. The zero-order valence-corrected chi connectivity index (χ0v) is 12.3. The summed E-state index contributed by atoms with van der Waals surface area (Å²) >= 11 is 17.2. The molecule has 2 N–H and O–H groups in total. The van der Waals surface area contributed by atoms with Crippen molar-refractivity contribution in [1.29, 1.82) is 0 Å². The summed E-state index contributed by atoms with van der Waals surface area (Å²) < 4.78 is 4.75. The average Bonchev–Trinajstić information content (AvgIpc) is 2.37. The minimum Gasteiger partial charge on any atom is -0.451 e. The number of hydrogen-bond donors (Lipinski definition) is 1. The molecule has 104 valence electrons. The van der Waals surface area contributed by atoms with Crippen LogP contribution in [0.2, 0.25) is 15.2 Å². The summed E-state index contributed by atoms with van der Waals surface area (Å²) in [5.74, 6) is -1.30. The first-order chi connectivity index (χ1) is 8.75. The van der Waals surface area contributed by atoms with E-state index in [1.54, 1.807) is 0 Å². The van der Waals surface area contributed by atoms with Gasteiger partial charge >= 0.3 is 5.97 Å². The minimum atomic E-state index is -0.912. The summed E-state index contributed by atoms with van der Waals surface area (Å²) in [6, 6.07) is 0. The van der Waals surface area contributed by atoms with Crippen molar-refractivity contribution < 1.29 is 14.3 Å². The number of nitrogens with zero attached hydrogens (tertiary/aromatic N) is 2. The standard InChI is InChI=1S/C10H10Cl3N3O3/c1-16(2)4(17)3-19-10(18)8-5(11)7(14)6(12)9(13)15-8/h3H2,1-2H3,(H2,14,15). The number of carbonyl (C=O) groups excluding carboxylic acids is 2. The van der Waals surface area contributed by atoms with Crippen molar-refractivity contribution in [2.75, 3.05) is 26.4 Å². The van der Waals surface area contributed by atoms with Gasteiger partial charge in [-0.2, -0.15) is 0 Å². The van der Waals surface area contributed by atoms with Gasteiger partial charge in [-0.05, 0) is 0 Å². The number of esters is 1. The Hall–Kier alpha value is -1.24. The van der Waals surface area contributed by atoms with E-state index >= 15 is 0 Å². The average molecular weight is 327 g/mol. The third-order valence-corrected chi connectivity index (χ3v) is 3.23. The van der Waals surface area contributed by atoms with Crippen LogP contribution in [0.25, 0.3) is 0 Å². The maximum atomic E-state index is 11.7. The fourth-order valence-electron chi connectivity index (χ4n) is 0.991.